The van der Waals surface area contributed by atoms with Crippen LogP contribution >= 0.6 is 0 Å². The fraction of sp³-hybridized carbons (Fsp3) is 0.348. The van der Waals surface area contributed by atoms with Gasteiger partial charge >= 0.3 is 5.97 Å². The summed E-state index contributed by atoms with van der Waals surface area (Å²) in [6, 6.07) is 14.0. The van der Waals surface area contributed by atoms with Gasteiger partial charge in [0.1, 0.15) is 11.8 Å². The van der Waals surface area contributed by atoms with Crippen LogP contribution in [0.4, 0.5) is 0 Å². The Bertz CT molecular complexity index is 871. The molecule has 1 heterocycles. The van der Waals surface area contributed by atoms with Gasteiger partial charge in [0.25, 0.3) is 0 Å². The fourth-order valence-electron chi connectivity index (χ4n) is 2.75. The van der Waals surface area contributed by atoms with Crippen LogP contribution in [-0.2, 0) is 20.7 Å². The van der Waals surface area contributed by atoms with Crippen molar-refractivity contribution in [2.45, 2.75) is 45.3 Å². The van der Waals surface area contributed by atoms with Gasteiger partial charge in [0.2, 0.25) is 5.91 Å². The van der Waals surface area contributed by atoms with Crippen LogP contribution in [0.3, 0.4) is 0 Å². The molecule has 1 amide bonds. The van der Waals surface area contributed by atoms with Crippen molar-refractivity contribution in [3.63, 3.8) is 0 Å². The van der Waals surface area contributed by atoms with Gasteiger partial charge in [-0.15, -0.1) is 0 Å². The molecule has 2 atom stereocenters. The lowest BCUT2D eigenvalue weighted by atomic mass is 10.1. The number of aliphatic hydroxyl groups excluding tert-OH is 1. The molecule has 1 aromatic carbocycles. The highest BCUT2D eigenvalue weighted by Crippen LogP contribution is 2.16. The Morgan fingerprint density at radius 1 is 1.17 bits per heavy atom. The highest BCUT2D eigenvalue weighted by atomic mass is 16.5. The zero-order chi connectivity index (χ0) is 21.1. The quantitative estimate of drug-likeness (QED) is 0.408. The fourth-order valence-corrected chi connectivity index (χ4v) is 2.75. The molecule has 0 saturated carbocycles. The number of unbranched alkanes of at least 4 members (excludes halogenated alkanes) is 1. The second-order valence-corrected chi connectivity index (χ2v) is 6.46. The summed E-state index contributed by atoms with van der Waals surface area (Å²) >= 11 is 0. The number of carbonyl (C=O) groups is 2. The van der Waals surface area contributed by atoms with Gasteiger partial charge in [-0.2, -0.15) is 0 Å². The second kappa shape index (κ2) is 11.6. The molecule has 1 aromatic heterocycles. The van der Waals surface area contributed by atoms with E-state index in [0.29, 0.717) is 5.69 Å². The van der Waals surface area contributed by atoms with E-state index < -0.39 is 24.0 Å². The molecule has 0 spiro atoms. The molecule has 2 unspecified atom stereocenters. The summed E-state index contributed by atoms with van der Waals surface area (Å²) in [5, 5.41) is 13.0. The summed E-state index contributed by atoms with van der Waals surface area (Å²) in [7, 11) is 0. The highest BCUT2D eigenvalue weighted by molar-refractivity contribution is 5.83. The predicted molar refractivity (Wildman–Crippen MR) is 110 cm³/mol. The molecule has 0 aliphatic rings. The summed E-state index contributed by atoms with van der Waals surface area (Å²) < 4.78 is 4.94. The molecule has 152 valence electrons. The molecule has 2 aromatic rings. The number of aryl methyl sites for hydroxylation is 1. The third kappa shape index (κ3) is 7.40. The Morgan fingerprint density at radius 2 is 1.93 bits per heavy atom. The van der Waals surface area contributed by atoms with Crippen molar-refractivity contribution in [2.75, 3.05) is 6.61 Å². The maximum absolute atomic E-state index is 12.1. The number of amides is 1. The van der Waals surface area contributed by atoms with Crippen molar-refractivity contribution in [1.29, 1.82) is 0 Å². The zero-order valence-corrected chi connectivity index (χ0v) is 16.7. The SMILES string of the molecule is CCOC(=O)C(NC(C)=O)C(O)c1cccc(C#CCCCc2ccccc2)n1. The lowest BCUT2D eigenvalue weighted by Crippen LogP contribution is -2.45. The van der Waals surface area contributed by atoms with Crippen LogP contribution < -0.4 is 5.32 Å². The van der Waals surface area contributed by atoms with Gasteiger partial charge in [0, 0.05) is 13.3 Å². The van der Waals surface area contributed by atoms with Crippen molar-refractivity contribution in [3.05, 3.63) is 65.5 Å². The van der Waals surface area contributed by atoms with Crippen LogP contribution in [-0.4, -0.2) is 34.6 Å². The number of aliphatic hydroxyl groups is 1. The Morgan fingerprint density at radius 3 is 2.62 bits per heavy atom. The van der Waals surface area contributed by atoms with Crippen LogP contribution in [0, 0.1) is 11.8 Å². The molecule has 6 heteroatoms. The summed E-state index contributed by atoms with van der Waals surface area (Å²) in [6.07, 6.45) is 1.28. The Hall–Kier alpha value is -3.17. The first-order valence-corrected chi connectivity index (χ1v) is 9.62. The molecule has 0 aliphatic carbocycles. The third-order valence-corrected chi connectivity index (χ3v) is 4.12. The largest absolute Gasteiger partial charge is 0.464 e. The number of hydrogen-bond donors (Lipinski definition) is 2. The van der Waals surface area contributed by atoms with Crippen LogP contribution in [0.5, 0.6) is 0 Å². The van der Waals surface area contributed by atoms with E-state index in [-0.39, 0.29) is 12.3 Å². The minimum absolute atomic E-state index is 0.142. The number of rotatable bonds is 8. The van der Waals surface area contributed by atoms with Crippen LogP contribution in [0.15, 0.2) is 48.5 Å². The first-order valence-electron chi connectivity index (χ1n) is 9.62. The standard InChI is InChI=1S/C23H26N2O4/c1-3-29-23(28)21(24-17(2)26)22(27)20-16-10-15-19(25-20)14-9-5-8-13-18-11-6-4-7-12-18/h4,6-7,10-12,15-16,21-22,27H,3,5,8,13H2,1-2H3,(H,24,26). The number of nitrogens with zero attached hydrogens (tertiary/aromatic N) is 1. The smallest absolute Gasteiger partial charge is 0.331 e. The second-order valence-electron chi connectivity index (χ2n) is 6.46. The van der Waals surface area contributed by atoms with Gasteiger partial charge < -0.3 is 15.2 Å². The maximum atomic E-state index is 12.1. The normalized spacial score (nSPS) is 12.2. The van der Waals surface area contributed by atoms with Crippen LogP contribution in [0.1, 0.15) is 49.7 Å². The first-order chi connectivity index (χ1) is 14.0. The van der Waals surface area contributed by atoms with Crippen molar-refractivity contribution < 1.29 is 19.4 Å². The van der Waals surface area contributed by atoms with E-state index >= 15 is 0 Å². The van der Waals surface area contributed by atoms with E-state index in [1.54, 1.807) is 25.1 Å². The van der Waals surface area contributed by atoms with Gasteiger partial charge in [-0.05, 0) is 43.4 Å². The van der Waals surface area contributed by atoms with Crippen molar-refractivity contribution in [1.82, 2.24) is 10.3 Å². The van der Waals surface area contributed by atoms with E-state index in [2.05, 4.69) is 34.3 Å². The Labute approximate surface area is 171 Å². The number of esters is 1. The number of carbonyl (C=O) groups excluding carboxylic acids is 2. The molecule has 2 rings (SSSR count). The number of nitrogens with one attached hydrogen (secondary N) is 1. The Balaban J connectivity index is 2.01. The van der Waals surface area contributed by atoms with Crippen molar-refractivity contribution >= 4 is 11.9 Å². The predicted octanol–water partition coefficient (Wildman–Crippen LogP) is 2.56. The van der Waals surface area contributed by atoms with E-state index in [1.807, 2.05) is 18.2 Å². The minimum Gasteiger partial charge on any atom is -0.464 e. The monoisotopic (exact) mass is 394 g/mol. The molecule has 0 radical (unpaired) electrons. The number of hydrogen-bond acceptors (Lipinski definition) is 5. The van der Waals surface area contributed by atoms with E-state index in [1.165, 1.54) is 12.5 Å². The number of pyridine rings is 1. The minimum atomic E-state index is -1.34. The molecular formula is C23H26N2O4. The lowest BCUT2D eigenvalue weighted by Gasteiger charge is -2.21. The average Bonchev–Trinajstić information content (AvgIpc) is 2.72. The van der Waals surface area contributed by atoms with Gasteiger partial charge in [-0.25, -0.2) is 9.78 Å². The molecule has 0 fully saturated rings. The lowest BCUT2D eigenvalue weighted by molar-refractivity contribution is -0.150. The summed E-state index contributed by atoms with van der Waals surface area (Å²) in [6.45, 7) is 3.06. The van der Waals surface area contributed by atoms with Gasteiger partial charge in [-0.3, -0.25) is 4.79 Å². The van der Waals surface area contributed by atoms with E-state index in [9.17, 15) is 14.7 Å². The molecule has 0 aliphatic heterocycles. The highest BCUT2D eigenvalue weighted by Gasteiger charge is 2.31. The van der Waals surface area contributed by atoms with E-state index in [4.69, 9.17) is 4.74 Å². The first kappa shape index (κ1) is 22.1. The number of ether oxygens (including phenoxy) is 1. The molecule has 0 bridgehead atoms. The molecular weight excluding hydrogens is 368 g/mol. The molecule has 29 heavy (non-hydrogen) atoms. The summed E-state index contributed by atoms with van der Waals surface area (Å²) in [4.78, 5) is 27.8. The van der Waals surface area contributed by atoms with Crippen LogP contribution in [0.2, 0.25) is 0 Å². The third-order valence-electron chi connectivity index (χ3n) is 4.12. The molecule has 6 nitrogen and oxygen atoms in total. The maximum Gasteiger partial charge on any atom is 0.331 e. The number of aromatic nitrogens is 1. The molecule has 2 N–H and O–H groups in total. The van der Waals surface area contributed by atoms with Gasteiger partial charge in [-0.1, -0.05) is 42.3 Å². The summed E-state index contributed by atoms with van der Waals surface area (Å²) in [5.74, 6) is 4.91. The van der Waals surface area contributed by atoms with Crippen molar-refractivity contribution in [3.8, 4) is 11.8 Å². The summed E-state index contributed by atoms with van der Waals surface area (Å²) in [5.41, 5.74) is 2.01. The Kier molecular flexibility index (Phi) is 8.87. The van der Waals surface area contributed by atoms with Crippen LogP contribution in [0.25, 0.3) is 0 Å². The average molecular weight is 394 g/mol. The van der Waals surface area contributed by atoms with E-state index in [0.717, 1.165) is 19.3 Å². The number of benzene rings is 1. The topological polar surface area (TPSA) is 88.5 Å². The van der Waals surface area contributed by atoms with Gasteiger partial charge in [0.05, 0.1) is 12.3 Å². The van der Waals surface area contributed by atoms with Crippen molar-refractivity contribution in [2.24, 2.45) is 0 Å². The zero-order valence-electron chi connectivity index (χ0n) is 16.7. The van der Waals surface area contributed by atoms with Gasteiger partial charge in [0.15, 0.2) is 6.04 Å². The molecule has 0 saturated heterocycles.